The second-order valence-electron chi connectivity index (χ2n) is 7.81. The number of rotatable bonds is 3. The van der Waals surface area contributed by atoms with Crippen LogP contribution in [0.1, 0.15) is 39.3 Å². The van der Waals surface area contributed by atoms with E-state index < -0.39 is 5.91 Å². The number of ether oxygens (including phenoxy) is 1. The first-order chi connectivity index (χ1) is 14.6. The van der Waals surface area contributed by atoms with Crippen LogP contribution in [0.25, 0.3) is 10.6 Å². The average Bonchev–Trinajstić information content (AvgIpc) is 3.21. The molecule has 2 N–H and O–H groups in total. The minimum Gasteiger partial charge on any atom is -0.370 e. The topological polar surface area (TPSA) is 94.2 Å². The highest BCUT2D eigenvalue weighted by Crippen LogP contribution is 2.46. The average molecular weight is 422 g/mol. The number of aromatic nitrogens is 3. The maximum absolute atomic E-state index is 11.9. The van der Waals surface area contributed by atoms with Gasteiger partial charge in [-0.3, -0.25) is 14.8 Å². The Hall–Kier alpha value is -2.84. The number of pyridine rings is 1. The predicted octanol–water partition coefficient (Wildman–Crippen LogP) is 3.08. The van der Waals surface area contributed by atoms with Gasteiger partial charge in [0.15, 0.2) is 0 Å². The van der Waals surface area contributed by atoms with E-state index in [9.17, 15) is 4.79 Å². The molecule has 2 aliphatic heterocycles. The minimum atomic E-state index is -0.444. The van der Waals surface area contributed by atoms with Gasteiger partial charge in [-0.25, -0.2) is 4.98 Å². The predicted molar refractivity (Wildman–Crippen MR) is 116 cm³/mol. The lowest BCUT2D eigenvalue weighted by molar-refractivity contribution is -0.0757. The van der Waals surface area contributed by atoms with Crippen molar-refractivity contribution in [2.75, 3.05) is 24.6 Å². The molecule has 0 radical (unpaired) electrons. The number of nitrogens with zero attached hydrogens (tertiary/aromatic N) is 4. The Balaban J connectivity index is 1.43. The highest BCUT2D eigenvalue weighted by atomic mass is 32.1. The van der Waals surface area contributed by atoms with E-state index >= 15 is 0 Å². The second-order valence-corrected chi connectivity index (χ2v) is 8.94. The van der Waals surface area contributed by atoms with E-state index in [1.807, 2.05) is 19.2 Å². The number of anilines is 1. The van der Waals surface area contributed by atoms with Gasteiger partial charge in [-0.2, -0.15) is 0 Å². The maximum Gasteiger partial charge on any atom is 0.252 e. The molecule has 7 nitrogen and oxygen atoms in total. The number of carbonyl (C=O) groups is 1. The number of piperidine rings is 1. The molecule has 1 fully saturated rings. The van der Waals surface area contributed by atoms with Gasteiger partial charge in [0, 0.05) is 42.5 Å². The smallest absolute Gasteiger partial charge is 0.252 e. The van der Waals surface area contributed by atoms with Gasteiger partial charge in [0.25, 0.3) is 5.91 Å². The number of fused-ring (bicyclic) bond motifs is 2. The van der Waals surface area contributed by atoms with Crippen LogP contribution in [0.3, 0.4) is 0 Å². The fraction of sp³-hybridized carbons (Fsp3) is 0.364. The van der Waals surface area contributed by atoms with Crippen LogP contribution in [0.15, 0.2) is 36.8 Å². The van der Waals surface area contributed by atoms with Gasteiger partial charge in [0.1, 0.15) is 5.82 Å². The van der Waals surface area contributed by atoms with E-state index in [0.29, 0.717) is 11.4 Å². The van der Waals surface area contributed by atoms with Crippen molar-refractivity contribution in [2.24, 2.45) is 5.73 Å². The van der Waals surface area contributed by atoms with Crippen LogP contribution in [0.4, 0.5) is 5.82 Å². The summed E-state index contributed by atoms with van der Waals surface area (Å²) in [6.45, 7) is 4.16. The first-order valence-electron chi connectivity index (χ1n) is 10.1. The lowest BCUT2D eigenvalue weighted by Gasteiger charge is -2.44. The van der Waals surface area contributed by atoms with Gasteiger partial charge in [-0.1, -0.05) is 0 Å². The molecule has 1 spiro atoms. The zero-order chi connectivity index (χ0) is 20.7. The summed E-state index contributed by atoms with van der Waals surface area (Å²) >= 11 is 1.79. The fourth-order valence-electron chi connectivity index (χ4n) is 4.44. The lowest BCUT2D eigenvalue weighted by Crippen LogP contribution is -2.47. The van der Waals surface area contributed by atoms with Crippen molar-refractivity contribution in [3.8, 4) is 10.6 Å². The van der Waals surface area contributed by atoms with Gasteiger partial charge in [-0.15, -0.1) is 11.3 Å². The molecule has 3 aromatic heterocycles. The van der Waals surface area contributed by atoms with Crippen molar-refractivity contribution in [1.29, 1.82) is 0 Å². The van der Waals surface area contributed by atoms with E-state index in [2.05, 4.69) is 25.9 Å². The molecule has 154 valence electrons. The quantitative estimate of drug-likeness (QED) is 0.698. The third kappa shape index (κ3) is 3.26. The normalized spacial score (nSPS) is 17.7. The zero-order valence-corrected chi connectivity index (χ0v) is 17.6. The van der Waals surface area contributed by atoms with Crippen LogP contribution in [0.5, 0.6) is 0 Å². The van der Waals surface area contributed by atoms with E-state index in [4.69, 9.17) is 10.5 Å². The molecular formula is C22H23N5O2S. The highest BCUT2D eigenvalue weighted by Gasteiger charge is 2.42. The number of primary amides is 1. The summed E-state index contributed by atoms with van der Waals surface area (Å²) in [6.07, 6.45) is 7.83. The van der Waals surface area contributed by atoms with Crippen molar-refractivity contribution in [2.45, 2.75) is 31.8 Å². The summed E-state index contributed by atoms with van der Waals surface area (Å²) in [6, 6.07) is 5.83. The third-order valence-electron chi connectivity index (χ3n) is 5.97. The second kappa shape index (κ2) is 7.45. The number of hydrogen-bond donors (Lipinski definition) is 1. The Morgan fingerprint density at radius 3 is 2.83 bits per heavy atom. The Labute approximate surface area is 178 Å². The summed E-state index contributed by atoms with van der Waals surface area (Å²) in [5.41, 5.74) is 8.83. The number of thiophene rings is 1. The molecule has 2 aliphatic rings. The summed E-state index contributed by atoms with van der Waals surface area (Å²) in [5.74, 6) is 0.236. The van der Waals surface area contributed by atoms with E-state index in [-0.39, 0.29) is 5.60 Å². The molecule has 0 bridgehead atoms. The molecule has 30 heavy (non-hydrogen) atoms. The Morgan fingerprint density at radius 1 is 1.27 bits per heavy atom. The summed E-state index contributed by atoms with van der Waals surface area (Å²) in [7, 11) is 0. The number of hydrogen-bond acceptors (Lipinski definition) is 7. The molecular weight excluding hydrogens is 398 g/mol. The zero-order valence-electron chi connectivity index (χ0n) is 16.8. The highest BCUT2D eigenvalue weighted by molar-refractivity contribution is 7.15. The lowest BCUT2D eigenvalue weighted by atomic mass is 9.82. The molecule has 1 saturated heterocycles. The first-order valence-corrected chi connectivity index (χ1v) is 10.9. The van der Waals surface area contributed by atoms with E-state index in [1.54, 1.807) is 29.8 Å². The van der Waals surface area contributed by atoms with Gasteiger partial charge in [0.2, 0.25) is 0 Å². The molecule has 0 aliphatic carbocycles. The van der Waals surface area contributed by atoms with Crippen LogP contribution in [-0.2, 0) is 16.8 Å². The molecule has 0 unspecified atom stereocenters. The standard InChI is InChI=1S/C22H23N5O2S/c1-14-2-3-15(20(23)28)21(26-14)27-9-5-22(6-10-27)16-12-19(17-13-24-7-8-25-17)30-18(16)4-11-29-22/h2-3,7-8,12-13H,4-6,9-11H2,1H3,(H2,23,28). The first kappa shape index (κ1) is 19.1. The Kier molecular flexibility index (Phi) is 4.75. The molecule has 5 rings (SSSR count). The van der Waals surface area contributed by atoms with Crippen LogP contribution in [-0.4, -0.2) is 40.6 Å². The SMILES string of the molecule is Cc1ccc(C(N)=O)c(N2CCC3(CC2)OCCc2sc(-c4cnccn4)cc23)n1. The third-order valence-corrected chi connectivity index (χ3v) is 7.19. The number of aryl methyl sites for hydroxylation is 1. The van der Waals surface area contributed by atoms with Crippen molar-refractivity contribution in [1.82, 2.24) is 15.0 Å². The number of nitrogens with two attached hydrogens (primary N) is 1. The van der Waals surface area contributed by atoms with Gasteiger partial charge < -0.3 is 15.4 Å². The molecule has 8 heteroatoms. The minimum absolute atomic E-state index is 0.294. The molecule has 0 aromatic carbocycles. The van der Waals surface area contributed by atoms with E-state index in [1.165, 1.54) is 10.4 Å². The monoisotopic (exact) mass is 421 g/mol. The Bertz CT molecular complexity index is 1090. The van der Waals surface area contributed by atoms with Crippen molar-refractivity contribution < 1.29 is 9.53 Å². The summed E-state index contributed by atoms with van der Waals surface area (Å²) in [4.78, 5) is 29.8. The Morgan fingerprint density at radius 2 is 2.10 bits per heavy atom. The fourth-order valence-corrected chi connectivity index (χ4v) is 5.63. The van der Waals surface area contributed by atoms with Crippen LogP contribution in [0.2, 0.25) is 0 Å². The van der Waals surface area contributed by atoms with Gasteiger partial charge >= 0.3 is 0 Å². The molecule has 3 aromatic rings. The van der Waals surface area contributed by atoms with Crippen LogP contribution < -0.4 is 10.6 Å². The van der Waals surface area contributed by atoms with Crippen LogP contribution >= 0.6 is 11.3 Å². The maximum atomic E-state index is 11.9. The summed E-state index contributed by atoms with van der Waals surface area (Å²) < 4.78 is 6.40. The van der Waals surface area contributed by atoms with Crippen molar-refractivity contribution in [3.05, 3.63) is 58.5 Å². The van der Waals surface area contributed by atoms with Crippen molar-refractivity contribution in [3.63, 3.8) is 0 Å². The number of amides is 1. The summed E-state index contributed by atoms with van der Waals surface area (Å²) in [5, 5.41) is 0. The molecule has 0 atom stereocenters. The van der Waals surface area contributed by atoms with E-state index in [0.717, 1.165) is 55.2 Å². The van der Waals surface area contributed by atoms with Crippen LogP contribution in [0, 0.1) is 6.92 Å². The molecule has 1 amide bonds. The number of carbonyl (C=O) groups excluding carboxylic acids is 1. The van der Waals surface area contributed by atoms with Crippen molar-refractivity contribution >= 4 is 23.1 Å². The molecule has 0 saturated carbocycles. The molecule has 5 heterocycles. The van der Waals surface area contributed by atoms with Gasteiger partial charge in [-0.05, 0) is 43.5 Å². The largest absolute Gasteiger partial charge is 0.370 e. The van der Waals surface area contributed by atoms with Gasteiger partial charge in [0.05, 0.1) is 34.5 Å².